The number of para-hydroxylation sites is 1. The van der Waals surface area contributed by atoms with Gasteiger partial charge in [-0.05, 0) is 25.6 Å². The first kappa shape index (κ1) is 13.1. The number of thioether (sulfide) groups is 1. The Balaban J connectivity index is 2.34. The van der Waals surface area contributed by atoms with Gasteiger partial charge in [-0.25, -0.2) is 0 Å². The van der Waals surface area contributed by atoms with Crippen LogP contribution in [0.15, 0.2) is 18.2 Å². The van der Waals surface area contributed by atoms with Gasteiger partial charge in [-0.15, -0.1) is 0 Å². The maximum atomic E-state index is 6.39. The number of anilines is 1. The lowest BCUT2D eigenvalue weighted by Gasteiger charge is -2.37. The number of halogens is 1. The van der Waals surface area contributed by atoms with E-state index in [-0.39, 0.29) is 0 Å². The van der Waals surface area contributed by atoms with Gasteiger partial charge < -0.3 is 10.2 Å². The number of nitrogens with one attached hydrogen (secondary N) is 1. The first-order valence-electron chi connectivity index (χ1n) is 6.00. The summed E-state index contributed by atoms with van der Waals surface area (Å²) in [4.78, 5) is 2.45. The van der Waals surface area contributed by atoms with Crippen LogP contribution in [0.2, 0.25) is 5.02 Å². The van der Waals surface area contributed by atoms with Gasteiger partial charge in [0, 0.05) is 30.6 Å². The van der Waals surface area contributed by atoms with E-state index in [0.717, 1.165) is 18.1 Å². The third kappa shape index (κ3) is 2.90. The van der Waals surface area contributed by atoms with Crippen molar-refractivity contribution in [3.8, 4) is 0 Å². The summed E-state index contributed by atoms with van der Waals surface area (Å²) in [6.07, 6.45) is 0. The van der Waals surface area contributed by atoms with Crippen molar-refractivity contribution >= 4 is 29.1 Å². The first-order chi connectivity index (χ1) is 8.24. The fourth-order valence-electron chi connectivity index (χ4n) is 2.27. The maximum Gasteiger partial charge on any atom is 0.0643 e. The number of rotatable bonds is 3. The summed E-state index contributed by atoms with van der Waals surface area (Å²) in [5, 5.41) is 4.09. The third-order valence-corrected chi connectivity index (χ3v) is 4.59. The molecule has 1 heterocycles. The summed E-state index contributed by atoms with van der Waals surface area (Å²) in [6.45, 7) is 4.23. The standard InChI is InChI=1S/C13H19ClN2S/c1-10-9-17-7-6-16(10)13-11(8-15-2)4-3-5-12(13)14/h3-5,10,15H,6-9H2,1-2H3. The van der Waals surface area contributed by atoms with Crippen molar-refractivity contribution in [2.45, 2.75) is 19.5 Å². The highest BCUT2D eigenvalue weighted by molar-refractivity contribution is 7.99. The zero-order chi connectivity index (χ0) is 12.3. The molecule has 1 fully saturated rings. The molecule has 4 heteroatoms. The van der Waals surface area contributed by atoms with Crippen LogP contribution >= 0.6 is 23.4 Å². The number of nitrogens with zero attached hydrogens (tertiary/aromatic N) is 1. The Bertz CT molecular complexity index is 384. The van der Waals surface area contributed by atoms with E-state index < -0.39 is 0 Å². The molecule has 0 aliphatic carbocycles. The third-order valence-electron chi connectivity index (χ3n) is 3.09. The van der Waals surface area contributed by atoms with Crippen LogP contribution in [0.4, 0.5) is 5.69 Å². The van der Waals surface area contributed by atoms with Crippen molar-refractivity contribution < 1.29 is 0 Å². The average Bonchev–Trinajstić information content (AvgIpc) is 2.31. The van der Waals surface area contributed by atoms with Crippen LogP contribution in [0.5, 0.6) is 0 Å². The Labute approximate surface area is 113 Å². The van der Waals surface area contributed by atoms with E-state index >= 15 is 0 Å². The lowest BCUT2D eigenvalue weighted by Crippen LogP contribution is -2.41. The molecule has 1 unspecified atom stereocenters. The van der Waals surface area contributed by atoms with Crippen molar-refractivity contribution in [1.29, 1.82) is 0 Å². The van der Waals surface area contributed by atoms with E-state index in [0.29, 0.717) is 6.04 Å². The van der Waals surface area contributed by atoms with Gasteiger partial charge in [-0.1, -0.05) is 23.7 Å². The van der Waals surface area contributed by atoms with Gasteiger partial charge in [-0.2, -0.15) is 11.8 Å². The lowest BCUT2D eigenvalue weighted by atomic mass is 10.1. The smallest absolute Gasteiger partial charge is 0.0643 e. The minimum atomic E-state index is 0.559. The Hall–Kier alpha value is -0.380. The predicted molar refractivity (Wildman–Crippen MR) is 78.3 cm³/mol. The molecule has 1 aromatic carbocycles. The first-order valence-corrected chi connectivity index (χ1v) is 7.53. The molecule has 0 amide bonds. The Morgan fingerprint density at radius 3 is 3.06 bits per heavy atom. The highest BCUT2D eigenvalue weighted by Crippen LogP contribution is 2.33. The SMILES string of the molecule is CNCc1cccc(Cl)c1N1CCSCC1C. The maximum absolute atomic E-state index is 6.39. The van der Waals surface area contributed by atoms with Crippen molar-refractivity contribution in [3.05, 3.63) is 28.8 Å². The molecule has 0 saturated carbocycles. The zero-order valence-electron chi connectivity index (χ0n) is 10.4. The fourth-order valence-corrected chi connectivity index (χ4v) is 3.59. The summed E-state index contributed by atoms with van der Waals surface area (Å²) < 4.78 is 0. The molecular weight excluding hydrogens is 252 g/mol. The summed E-state index contributed by atoms with van der Waals surface area (Å²) >= 11 is 8.41. The molecule has 2 nitrogen and oxygen atoms in total. The quantitative estimate of drug-likeness (QED) is 0.909. The van der Waals surface area contributed by atoms with Crippen LogP contribution in [0.3, 0.4) is 0 Å². The van der Waals surface area contributed by atoms with Crippen LogP contribution in [-0.2, 0) is 6.54 Å². The predicted octanol–water partition coefficient (Wildman–Crippen LogP) is 3.00. The Morgan fingerprint density at radius 2 is 2.35 bits per heavy atom. The molecule has 1 N–H and O–H groups in total. The fraction of sp³-hybridized carbons (Fsp3) is 0.538. The Kier molecular flexibility index (Phi) is 4.60. The highest BCUT2D eigenvalue weighted by atomic mass is 35.5. The van der Waals surface area contributed by atoms with Gasteiger partial charge in [0.2, 0.25) is 0 Å². The topological polar surface area (TPSA) is 15.3 Å². The van der Waals surface area contributed by atoms with Crippen molar-refractivity contribution in [1.82, 2.24) is 5.32 Å². The second-order valence-corrected chi connectivity index (χ2v) is 5.95. The second-order valence-electron chi connectivity index (χ2n) is 4.40. The Morgan fingerprint density at radius 1 is 1.53 bits per heavy atom. The molecule has 2 rings (SSSR count). The van der Waals surface area contributed by atoms with Crippen LogP contribution < -0.4 is 10.2 Å². The summed E-state index contributed by atoms with van der Waals surface area (Å²) in [6, 6.07) is 6.74. The number of hydrogen-bond donors (Lipinski definition) is 1. The van der Waals surface area contributed by atoms with E-state index in [1.807, 2.05) is 30.9 Å². The van der Waals surface area contributed by atoms with E-state index in [1.165, 1.54) is 22.8 Å². The zero-order valence-corrected chi connectivity index (χ0v) is 11.9. The van der Waals surface area contributed by atoms with Gasteiger partial charge in [0.25, 0.3) is 0 Å². The summed E-state index contributed by atoms with van der Waals surface area (Å²) in [5.74, 6) is 2.37. The molecule has 1 atom stereocenters. The second kappa shape index (κ2) is 5.98. The van der Waals surface area contributed by atoms with Crippen LogP contribution in [0.25, 0.3) is 0 Å². The van der Waals surface area contributed by atoms with Crippen LogP contribution in [-0.4, -0.2) is 31.1 Å². The number of benzene rings is 1. The van der Waals surface area contributed by atoms with Gasteiger partial charge in [-0.3, -0.25) is 0 Å². The molecule has 1 aliphatic heterocycles. The van der Waals surface area contributed by atoms with Gasteiger partial charge >= 0.3 is 0 Å². The monoisotopic (exact) mass is 270 g/mol. The molecule has 17 heavy (non-hydrogen) atoms. The van der Waals surface area contributed by atoms with Crippen LogP contribution in [0.1, 0.15) is 12.5 Å². The van der Waals surface area contributed by atoms with Gasteiger partial charge in [0.15, 0.2) is 0 Å². The minimum Gasteiger partial charge on any atom is -0.366 e. The molecule has 0 radical (unpaired) electrons. The minimum absolute atomic E-state index is 0.559. The van der Waals surface area contributed by atoms with Crippen molar-refractivity contribution in [2.24, 2.45) is 0 Å². The van der Waals surface area contributed by atoms with Crippen LogP contribution in [0, 0.1) is 0 Å². The molecule has 1 saturated heterocycles. The van der Waals surface area contributed by atoms with Gasteiger partial charge in [0.05, 0.1) is 10.7 Å². The van der Waals surface area contributed by atoms with E-state index in [1.54, 1.807) is 0 Å². The summed E-state index contributed by atoms with van der Waals surface area (Å²) in [7, 11) is 1.97. The average molecular weight is 271 g/mol. The number of hydrogen-bond acceptors (Lipinski definition) is 3. The van der Waals surface area contributed by atoms with E-state index in [4.69, 9.17) is 11.6 Å². The van der Waals surface area contributed by atoms with Crippen molar-refractivity contribution in [3.63, 3.8) is 0 Å². The van der Waals surface area contributed by atoms with E-state index in [2.05, 4.69) is 23.2 Å². The molecule has 0 spiro atoms. The summed E-state index contributed by atoms with van der Waals surface area (Å²) in [5.41, 5.74) is 2.51. The normalized spacial score (nSPS) is 20.6. The largest absolute Gasteiger partial charge is 0.366 e. The highest BCUT2D eigenvalue weighted by Gasteiger charge is 2.22. The lowest BCUT2D eigenvalue weighted by molar-refractivity contribution is 0.691. The molecule has 0 bridgehead atoms. The van der Waals surface area contributed by atoms with E-state index in [9.17, 15) is 0 Å². The molecule has 94 valence electrons. The molecule has 1 aromatic rings. The molecule has 0 aromatic heterocycles. The molecule has 1 aliphatic rings. The molecular formula is C13H19ClN2S. The van der Waals surface area contributed by atoms with Gasteiger partial charge in [0.1, 0.15) is 0 Å². The van der Waals surface area contributed by atoms with Crippen molar-refractivity contribution in [2.75, 3.05) is 30.0 Å².